The molecule has 2 rings (SSSR count). The van der Waals surface area contributed by atoms with Crippen LogP contribution in [0.2, 0.25) is 5.15 Å². The molecule has 17 heavy (non-hydrogen) atoms. The van der Waals surface area contributed by atoms with Crippen LogP contribution in [0, 0.1) is 0 Å². The largest absolute Gasteiger partial charge is 0.331 e. The minimum atomic E-state index is 0.102. The molecule has 0 aliphatic heterocycles. The van der Waals surface area contributed by atoms with Crippen LogP contribution in [0.4, 0.5) is 10.8 Å². The Morgan fingerprint density at radius 3 is 2.53 bits per heavy atom. The SMILES string of the molecule is CC(C)(C)c1ccccc1Nc1nc(Cl)cs1. The number of nitrogens with zero attached hydrogens (tertiary/aromatic N) is 1. The van der Waals surface area contributed by atoms with Gasteiger partial charge in [-0.2, -0.15) is 0 Å². The van der Waals surface area contributed by atoms with E-state index in [-0.39, 0.29) is 5.41 Å². The Morgan fingerprint density at radius 2 is 1.94 bits per heavy atom. The molecule has 4 heteroatoms. The normalized spacial score (nSPS) is 11.5. The molecule has 0 atom stereocenters. The first-order valence-corrected chi connectivity index (χ1v) is 6.70. The highest BCUT2D eigenvalue weighted by Gasteiger charge is 2.17. The van der Waals surface area contributed by atoms with Gasteiger partial charge in [-0.05, 0) is 17.0 Å². The molecule has 1 aromatic carbocycles. The number of hydrogen-bond acceptors (Lipinski definition) is 3. The summed E-state index contributed by atoms with van der Waals surface area (Å²) < 4.78 is 0. The van der Waals surface area contributed by atoms with Crippen molar-refractivity contribution in [2.24, 2.45) is 0 Å². The maximum absolute atomic E-state index is 5.82. The Labute approximate surface area is 111 Å². The third-order valence-corrected chi connectivity index (χ3v) is 3.53. The molecular formula is C13H15ClN2S. The van der Waals surface area contributed by atoms with Crippen molar-refractivity contribution in [3.8, 4) is 0 Å². The minimum Gasteiger partial charge on any atom is -0.331 e. The van der Waals surface area contributed by atoms with Crippen LogP contribution in [-0.4, -0.2) is 4.98 Å². The molecule has 0 saturated heterocycles. The molecule has 0 saturated carbocycles. The van der Waals surface area contributed by atoms with Crippen LogP contribution in [0.5, 0.6) is 0 Å². The van der Waals surface area contributed by atoms with Gasteiger partial charge >= 0.3 is 0 Å². The zero-order valence-corrected chi connectivity index (χ0v) is 11.7. The predicted octanol–water partition coefficient (Wildman–Crippen LogP) is 4.84. The van der Waals surface area contributed by atoms with E-state index >= 15 is 0 Å². The number of hydrogen-bond donors (Lipinski definition) is 1. The van der Waals surface area contributed by atoms with Crippen molar-refractivity contribution in [2.45, 2.75) is 26.2 Å². The Morgan fingerprint density at radius 1 is 1.24 bits per heavy atom. The Balaban J connectivity index is 2.33. The Bertz CT molecular complexity index is 514. The van der Waals surface area contributed by atoms with E-state index in [2.05, 4.69) is 49.3 Å². The van der Waals surface area contributed by atoms with Crippen molar-refractivity contribution < 1.29 is 0 Å². The van der Waals surface area contributed by atoms with E-state index in [1.165, 1.54) is 16.9 Å². The lowest BCUT2D eigenvalue weighted by Crippen LogP contribution is -2.13. The van der Waals surface area contributed by atoms with Crippen LogP contribution in [0.1, 0.15) is 26.3 Å². The van der Waals surface area contributed by atoms with E-state index in [9.17, 15) is 0 Å². The average Bonchev–Trinajstić information content (AvgIpc) is 2.63. The van der Waals surface area contributed by atoms with Crippen molar-refractivity contribution >= 4 is 33.8 Å². The first-order chi connectivity index (χ1) is 7.97. The molecule has 0 spiro atoms. The average molecular weight is 267 g/mol. The van der Waals surface area contributed by atoms with Crippen LogP contribution in [0.25, 0.3) is 0 Å². The van der Waals surface area contributed by atoms with Crippen LogP contribution in [0.15, 0.2) is 29.6 Å². The number of benzene rings is 1. The molecule has 0 fully saturated rings. The van der Waals surface area contributed by atoms with Crippen molar-refractivity contribution in [1.82, 2.24) is 4.98 Å². The highest BCUT2D eigenvalue weighted by molar-refractivity contribution is 7.14. The standard InChI is InChI=1S/C13H15ClN2S/c1-13(2,3)9-6-4-5-7-10(9)15-12-16-11(14)8-17-12/h4-8H,1-3H3,(H,15,16). The summed E-state index contributed by atoms with van der Waals surface area (Å²) in [5, 5.41) is 6.50. The minimum absolute atomic E-state index is 0.102. The van der Waals surface area contributed by atoms with Crippen LogP contribution in [0.3, 0.4) is 0 Å². The van der Waals surface area contributed by atoms with Gasteiger partial charge < -0.3 is 5.32 Å². The zero-order valence-electron chi connectivity index (χ0n) is 10.1. The second-order valence-corrected chi connectivity index (χ2v) is 6.14. The third kappa shape index (κ3) is 2.99. The Hall–Kier alpha value is -1.06. The fourth-order valence-corrected chi connectivity index (χ4v) is 2.52. The fraction of sp³-hybridized carbons (Fsp3) is 0.308. The quantitative estimate of drug-likeness (QED) is 0.841. The number of nitrogens with one attached hydrogen (secondary N) is 1. The number of aromatic nitrogens is 1. The molecule has 2 nitrogen and oxygen atoms in total. The lowest BCUT2D eigenvalue weighted by atomic mass is 9.86. The summed E-state index contributed by atoms with van der Waals surface area (Å²) in [5.74, 6) is 0. The van der Waals surface area contributed by atoms with E-state index in [1.54, 1.807) is 0 Å². The van der Waals surface area contributed by atoms with Crippen molar-refractivity contribution in [2.75, 3.05) is 5.32 Å². The van der Waals surface area contributed by atoms with Gasteiger partial charge in [-0.25, -0.2) is 4.98 Å². The summed E-state index contributed by atoms with van der Waals surface area (Å²) >= 11 is 7.33. The summed E-state index contributed by atoms with van der Waals surface area (Å²) in [6.07, 6.45) is 0. The van der Waals surface area contributed by atoms with Crippen molar-refractivity contribution in [3.05, 3.63) is 40.4 Å². The maximum Gasteiger partial charge on any atom is 0.188 e. The molecule has 0 amide bonds. The molecule has 2 aromatic rings. The molecule has 0 bridgehead atoms. The van der Waals surface area contributed by atoms with E-state index in [1.807, 2.05) is 11.4 Å². The van der Waals surface area contributed by atoms with Gasteiger partial charge in [0.2, 0.25) is 0 Å². The van der Waals surface area contributed by atoms with Crippen molar-refractivity contribution in [1.29, 1.82) is 0 Å². The monoisotopic (exact) mass is 266 g/mol. The van der Waals surface area contributed by atoms with Gasteiger partial charge in [0.1, 0.15) is 5.15 Å². The molecule has 1 N–H and O–H groups in total. The van der Waals surface area contributed by atoms with Crippen LogP contribution < -0.4 is 5.32 Å². The molecule has 0 aliphatic carbocycles. The summed E-state index contributed by atoms with van der Waals surface area (Å²) in [4.78, 5) is 4.20. The van der Waals surface area contributed by atoms with Crippen LogP contribution >= 0.6 is 22.9 Å². The molecule has 0 radical (unpaired) electrons. The zero-order chi connectivity index (χ0) is 12.5. The van der Waals surface area contributed by atoms with Gasteiger partial charge in [-0.3, -0.25) is 0 Å². The van der Waals surface area contributed by atoms with Gasteiger partial charge in [-0.15, -0.1) is 11.3 Å². The van der Waals surface area contributed by atoms with E-state index in [4.69, 9.17) is 11.6 Å². The topological polar surface area (TPSA) is 24.9 Å². The highest BCUT2D eigenvalue weighted by atomic mass is 35.5. The number of halogens is 1. The fourth-order valence-electron chi connectivity index (χ4n) is 1.67. The number of anilines is 2. The molecule has 1 heterocycles. The maximum atomic E-state index is 5.82. The lowest BCUT2D eigenvalue weighted by molar-refractivity contribution is 0.592. The predicted molar refractivity (Wildman–Crippen MR) is 75.5 cm³/mol. The molecule has 90 valence electrons. The summed E-state index contributed by atoms with van der Waals surface area (Å²) in [6, 6.07) is 8.28. The Kier molecular flexibility index (Phi) is 3.40. The number of rotatable bonds is 2. The first-order valence-electron chi connectivity index (χ1n) is 5.44. The van der Waals surface area contributed by atoms with Crippen LogP contribution in [-0.2, 0) is 5.41 Å². The van der Waals surface area contributed by atoms with E-state index in [0.29, 0.717) is 5.15 Å². The smallest absolute Gasteiger partial charge is 0.188 e. The van der Waals surface area contributed by atoms with E-state index in [0.717, 1.165) is 10.8 Å². The summed E-state index contributed by atoms with van der Waals surface area (Å²) in [6.45, 7) is 6.59. The van der Waals surface area contributed by atoms with Gasteiger partial charge in [0.05, 0.1) is 0 Å². The van der Waals surface area contributed by atoms with E-state index < -0.39 is 0 Å². The van der Waals surface area contributed by atoms with Crippen molar-refractivity contribution in [3.63, 3.8) is 0 Å². The number of thiazole rings is 1. The second-order valence-electron chi connectivity index (χ2n) is 4.90. The first kappa shape index (κ1) is 12.4. The second kappa shape index (κ2) is 4.67. The van der Waals surface area contributed by atoms with Gasteiger partial charge in [0, 0.05) is 11.1 Å². The highest BCUT2D eigenvalue weighted by Crippen LogP contribution is 2.32. The van der Waals surface area contributed by atoms with Gasteiger partial charge in [-0.1, -0.05) is 50.6 Å². The van der Waals surface area contributed by atoms with Gasteiger partial charge in [0.15, 0.2) is 5.13 Å². The molecular weight excluding hydrogens is 252 g/mol. The number of para-hydroxylation sites is 1. The van der Waals surface area contributed by atoms with Gasteiger partial charge in [0.25, 0.3) is 0 Å². The summed E-state index contributed by atoms with van der Waals surface area (Å²) in [5.41, 5.74) is 2.46. The third-order valence-electron chi connectivity index (χ3n) is 2.45. The summed E-state index contributed by atoms with van der Waals surface area (Å²) in [7, 11) is 0. The molecule has 0 aliphatic rings. The molecule has 1 aromatic heterocycles. The lowest BCUT2D eigenvalue weighted by Gasteiger charge is -2.22. The molecule has 0 unspecified atom stereocenters.